The van der Waals surface area contributed by atoms with Gasteiger partial charge in [0.05, 0.1) is 18.3 Å². The standard InChI is InChI=1S/C15H16N2O3S/c1-15(2)9-20-14(18)17(15)13-16-11(8-21-13)10-6-4-5-7-12(10)19-3/h4-8H,9H2,1-3H3. The summed E-state index contributed by atoms with van der Waals surface area (Å²) in [5.74, 6) is 0.762. The molecule has 1 aliphatic rings. The third kappa shape index (κ3) is 2.35. The number of thiazole rings is 1. The van der Waals surface area contributed by atoms with Crippen LogP contribution in [-0.4, -0.2) is 30.3 Å². The fraction of sp³-hybridized carbons (Fsp3) is 0.333. The van der Waals surface area contributed by atoms with E-state index in [4.69, 9.17) is 9.47 Å². The van der Waals surface area contributed by atoms with Crippen LogP contribution in [0.1, 0.15) is 13.8 Å². The Hall–Kier alpha value is -2.08. The van der Waals surface area contributed by atoms with Crippen LogP contribution in [0.25, 0.3) is 11.3 Å². The average molecular weight is 304 g/mol. The van der Waals surface area contributed by atoms with Crippen molar-refractivity contribution in [2.45, 2.75) is 19.4 Å². The van der Waals surface area contributed by atoms with Gasteiger partial charge in [-0.2, -0.15) is 0 Å². The van der Waals surface area contributed by atoms with Crippen molar-refractivity contribution in [1.29, 1.82) is 0 Å². The second-order valence-corrected chi connectivity index (χ2v) is 6.25. The van der Waals surface area contributed by atoms with Crippen LogP contribution in [-0.2, 0) is 4.74 Å². The van der Waals surface area contributed by atoms with Gasteiger partial charge < -0.3 is 9.47 Å². The van der Waals surface area contributed by atoms with E-state index in [1.807, 2.05) is 43.5 Å². The fourth-order valence-corrected chi connectivity index (χ4v) is 3.27. The van der Waals surface area contributed by atoms with E-state index in [-0.39, 0.29) is 11.6 Å². The van der Waals surface area contributed by atoms with Crippen molar-refractivity contribution in [3.63, 3.8) is 0 Å². The average Bonchev–Trinajstić information content (AvgIpc) is 3.03. The molecule has 0 spiro atoms. The number of amides is 1. The quantitative estimate of drug-likeness (QED) is 0.870. The molecule has 0 aliphatic carbocycles. The minimum absolute atomic E-state index is 0.346. The van der Waals surface area contributed by atoms with Crippen molar-refractivity contribution in [2.75, 3.05) is 18.6 Å². The molecule has 6 heteroatoms. The maximum atomic E-state index is 11.9. The summed E-state index contributed by atoms with van der Waals surface area (Å²) in [6, 6.07) is 7.69. The summed E-state index contributed by atoms with van der Waals surface area (Å²) >= 11 is 1.43. The molecule has 5 nitrogen and oxygen atoms in total. The summed E-state index contributed by atoms with van der Waals surface area (Å²) in [4.78, 5) is 18.1. The summed E-state index contributed by atoms with van der Waals surface area (Å²) in [5, 5.41) is 2.57. The van der Waals surface area contributed by atoms with Crippen LogP contribution < -0.4 is 9.64 Å². The zero-order valence-corrected chi connectivity index (χ0v) is 12.9. The van der Waals surface area contributed by atoms with Crippen LogP contribution in [0.5, 0.6) is 5.75 Å². The number of hydrogen-bond donors (Lipinski definition) is 0. The molecular formula is C15H16N2O3S. The van der Waals surface area contributed by atoms with Crippen molar-refractivity contribution < 1.29 is 14.3 Å². The first-order valence-corrected chi connectivity index (χ1v) is 7.47. The third-order valence-corrected chi connectivity index (χ3v) is 4.23. The molecule has 1 aliphatic heterocycles. The molecule has 1 aromatic carbocycles. The first kappa shape index (κ1) is 13.9. The van der Waals surface area contributed by atoms with Crippen molar-refractivity contribution in [2.24, 2.45) is 0 Å². The van der Waals surface area contributed by atoms with Gasteiger partial charge in [0.1, 0.15) is 12.4 Å². The van der Waals surface area contributed by atoms with Crippen molar-refractivity contribution in [3.05, 3.63) is 29.6 Å². The Bertz CT molecular complexity index is 681. The van der Waals surface area contributed by atoms with E-state index in [1.54, 1.807) is 12.0 Å². The summed E-state index contributed by atoms with van der Waals surface area (Å²) in [6.45, 7) is 4.29. The Morgan fingerprint density at radius 2 is 2.14 bits per heavy atom. The molecule has 0 bridgehead atoms. The lowest BCUT2D eigenvalue weighted by atomic mass is 10.1. The molecule has 3 rings (SSSR count). The molecule has 110 valence electrons. The number of methoxy groups -OCH3 is 1. The zero-order chi connectivity index (χ0) is 15.0. The van der Waals surface area contributed by atoms with E-state index < -0.39 is 0 Å². The number of anilines is 1. The molecule has 2 aromatic rings. The Kier molecular flexibility index (Phi) is 3.33. The number of rotatable bonds is 3. The fourth-order valence-electron chi connectivity index (χ4n) is 2.30. The molecule has 1 amide bonds. The predicted molar refractivity (Wildman–Crippen MR) is 82.0 cm³/mol. The van der Waals surface area contributed by atoms with Crippen LogP contribution >= 0.6 is 11.3 Å². The molecule has 0 atom stereocenters. The van der Waals surface area contributed by atoms with Crippen LogP contribution in [0.2, 0.25) is 0 Å². The number of ether oxygens (including phenoxy) is 2. The van der Waals surface area contributed by atoms with E-state index in [1.165, 1.54) is 11.3 Å². The molecule has 0 radical (unpaired) electrons. The number of aromatic nitrogens is 1. The number of nitrogens with zero attached hydrogens (tertiary/aromatic N) is 2. The zero-order valence-electron chi connectivity index (χ0n) is 12.1. The Morgan fingerprint density at radius 3 is 2.81 bits per heavy atom. The van der Waals surface area contributed by atoms with Crippen molar-refractivity contribution >= 4 is 22.6 Å². The lowest BCUT2D eigenvalue weighted by Gasteiger charge is -2.24. The molecule has 21 heavy (non-hydrogen) atoms. The normalized spacial score (nSPS) is 16.9. The Morgan fingerprint density at radius 1 is 1.38 bits per heavy atom. The maximum absolute atomic E-state index is 11.9. The predicted octanol–water partition coefficient (Wildman–Crippen LogP) is 3.55. The molecule has 1 saturated heterocycles. The van der Waals surface area contributed by atoms with Crippen molar-refractivity contribution in [1.82, 2.24) is 4.98 Å². The first-order valence-electron chi connectivity index (χ1n) is 6.59. The van der Waals surface area contributed by atoms with E-state index in [0.29, 0.717) is 11.7 Å². The van der Waals surface area contributed by atoms with Gasteiger partial charge in [-0.25, -0.2) is 14.7 Å². The monoisotopic (exact) mass is 304 g/mol. The van der Waals surface area contributed by atoms with Crippen LogP contribution in [0.15, 0.2) is 29.6 Å². The highest BCUT2D eigenvalue weighted by Gasteiger charge is 2.42. The number of cyclic esters (lactones) is 1. The summed E-state index contributed by atoms with van der Waals surface area (Å²) in [5.41, 5.74) is 1.32. The number of hydrogen-bond acceptors (Lipinski definition) is 5. The summed E-state index contributed by atoms with van der Waals surface area (Å²) in [6.07, 6.45) is -0.346. The molecule has 1 fully saturated rings. The summed E-state index contributed by atoms with van der Waals surface area (Å²) in [7, 11) is 1.63. The Labute approximate surface area is 127 Å². The van der Waals surface area contributed by atoms with E-state index in [2.05, 4.69) is 4.98 Å². The minimum Gasteiger partial charge on any atom is -0.496 e. The Balaban J connectivity index is 1.99. The topological polar surface area (TPSA) is 51.7 Å². The molecule has 0 N–H and O–H groups in total. The summed E-state index contributed by atoms with van der Waals surface area (Å²) < 4.78 is 10.5. The molecule has 2 heterocycles. The first-order chi connectivity index (χ1) is 10.0. The highest BCUT2D eigenvalue weighted by Crippen LogP contribution is 2.37. The SMILES string of the molecule is COc1ccccc1-c1csc(N2C(=O)OCC2(C)C)n1. The van der Waals surface area contributed by atoms with Crippen molar-refractivity contribution in [3.8, 4) is 17.0 Å². The van der Waals surface area contributed by atoms with Gasteiger partial charge in [0.15, 0.2) is 5.13 Å². The van der Waals surface area contributed by atoms with Gasteiger partial charge in [-0.15, -0.1) is 11.3 Å². The highest BCUT2D eigenvalue weighted by atomic mass is 32.1. The number of carbonyl (C=O) groups is 1. The minimum atomic E-state index is -0.382. The van der Waals surface area contributed by atoms with Crippen LogP contribution in [0, 0.1) is 0 Å². The second-order valence-electron chi connectivity index (χ2n) is 5.42. The largest absolute Gasteiger partial charge is 0.496 e. The van der Waals surface area contributed by atoms with Gasteiger partial charge in [0.2, 0.25) is 0 Å². The van der Waals surface area contributed by atoms with Gasteiger partial charge in [0.25, 0.3) is 0 Å². The van der Waals surface area contributed by atoms with E-state index >= 15 is 0 Å². The smallest absolute Gasteiger partial charge is 0.416 e. The van der Waals surface area contributed by atoms with E-state index in [9.17, 15) is 4.79 Å². The number of carbonyl (C=O) groups excluding carboxylic acids is 1. The van der Waals surface area contributed by atoms with Crippen LogP contribution in [0.3, 0.4) is 0 Å². The van der Waals surface area contributed by atoms with Gasteiger partial charge in [-0.05, 0) is 26.0 Å². The highest BCUT2D eigenvalue weighted by molar-refractivity contribution is 7.14. The number of para-hydroxylation sites is 1. The molecule has 0 saturated carbocycles. The number of benzene rings is 1. The molecule has 0 unspecified atom stereocenters. The van der Waals surface area contributed by atoms with Gasteiger partial charge in [0, 0.05) is 10.9 Å². The second kappa shape index (κ2) is 5.04. The lowest BCUT2D eigenvalue weighted by Crippen LogP contribution is -2.42. The molecular weight excluding hydrogens is 288 g/mol. The van der Waals surface area contributed by atoms with Gasteiger partial charge in [-0.1, -0.05) is 12.1 Å². The van der Waals surface area contributed by atoms with Gasteiger partial charge in [-0.3, -0.25) is 0 Å². The third-order valence-electron chi connectivity index (χ3n) is 3.40. The van der Waals surface area contributed by atoms with E-state index in [0.717, 1.165) is 17.0 Å². The molecule has 1 aromatic heterocycles. The maximum Gasteiger partial charge on any atom is 0.416 e. The van der Waals surface area contributed by atoms with Gasteiger partial charge >= 0.3 is 6.09 Å². The lowest BCUT2D eigenvalue weighted by molar-refractivity contribution is 0.175. The van der Waals surface area contributed by atoms with Crippen LogP contribution in [0.4, 0.5) is 9.93 Å².